The molecule has 3 aliphatic rings. The van der Waals surface area contributed by atoms with Crippen LogP contribution in [0.1, 0.15) is 51.8 Å². The van der Waals surface area contributed by atoms with E-state index in [4.69, 9.17) is 4.74 Å². The number of nitrogens with zero attached hydrogens (tertiary/aromatic N) is 4. The lowest BCUT2D eigenvalue weighted by Crippen LogP contribution is -2.49. The third kappa shape index (κ3) is 2.22. The van der Waals surface area contributed by atoms with Crippen LogP contribution in [0.15, 0.2) is 11.6 Å². The van der Waals surface area contributed by atoms with Gasteiger partial charge in [0.15, 0.2) is 0 Å². The molecule has 6 nitrogen and oxygen atoms in total. The predicted octanol–water partition coefficient (Wildman–Crippen LogP) is 2.20. The highest BCUT2D eigenvalue weighted by molar-refractivity contribution is 7.12. The van der Waals surface area contributed by atoms with Crippen molar-refractivity contribution in [2.24, 2.45) is 0 Å². The average Bonchev–Trinajstić information content (AvgIpc) is 3.27. The lowest BCUT2D eigenvalue weighted by Gasteiger charge is -2.41. The number of carbonyl (C=O) groups is 1. The molecule has 1 aliphatic carbocycles. The van der Waals surface area contributed by atoms with Crippen LogP contribution in [0.25, 0.3) is 0 Å². The highest BCUT2D eigenvalue weighted by atomic mass is 32.1. The topological polar surface area (TPSA) is 60.3 Å². The van der Waals surface area contributed by atoms with Crippen LogP contribution in [0, 0.1) is 0 Å². The Kier molecular flexibility index (Phi) is 3.45. The van der Waals surface area contributed by atoms with Gasteiger partial charge in [-0.05, 0) is 48.6 Å². The van der Waals surface area contributed by atoms with Crippen LogP contribution in [0.3, 0.4) is 0 Å². The number of rotatable bonds is 1. The quantitative estimate of drug-likeness (QED) is 0.796. The van der Waals surface area contributed by atoms with E-state index in [2.05, 4.69) is 15.7 Å². The maximum absolute atomic E-state index is 13.1. The Balaban J connectivity index is 1.41. The molecule has 4 heterocycles. The third-order valence-corrected chi connectivity index (χ3v) is 6.57. The summed E-state index contributed by atoms with van der Waals surface area (Å²) in [6, 6.07) is 0.0877. The maximum Gasteiger partial charge on any atom is 0.264 e. The summed E-state index contributed by atoms with van der Waals surface area (Å²) in [5, 5.41) is 10.4. The van der Waals surface area contributed by atoms with E-state index in [0.717, 1.165) is 36.4 Å². The fraction of sp³-hybridized carbons (Fsp3) is 0.588. The Bertz CT molecular complexity index is 783. The lowest BCUT2D eigenvalue weighted by molar-refractivity contribution is -0.0604. The summed E-state index contributed by atoms with van der Waals surface area (Å²) < 4.78 is 7.90. The standard InChI is InChI=1S/C17H20N4O2S/c22-17(16-13-4-2-1-3-11(13)10-24-16)20-6-5-15-14(8-20)21-12(9-23-15)7-18-19-21/h7,10,14-15H,1-6,8-9H2/t14-,15-/m1/s1. The van der Waals surface area contributed by atoms with Crippen molar-refractivity contribution >= 4 is 17.2 Å². The molecule has 2 atom stereocenters. The van der Waals surface area contributed by atoms with Gasteiger partial charge in [-0.2, -0.15) is 0 Å². The second kappa shape index (κ2) is 5.67. The molecular weight excluding hydrogens is 324 g/mol. The maximum atomic E-state index is 13.1. The van der Waals surface area contributed by atoms with Crippen molar-refractivity contribution in [1.82, 2.24) is 19.9 Å². The van der Waals surface area contributed by atoms with Gasteiger partial charge in [-0.25, -0.2) is 4.68 Å². The normalized spacial score (nSPS) is 25.8. The molecule has 7 heteroatoms. The molecule has 0 bridgehead atoms. The Labute approximate surface area is 144 Å². The summed E-state index contributed by atoms with van der Waals surface area (Å²) in [6.07, 6.45) is 7.38. The van der Waals surface area contributed by atoms with E-state index in [1.807, 2.05) is 9.58 Å². The van der Waals surface area contributed by atoms with Crippen LogP contribution in [-0.2, 0) is 24.2 Å². The summed E-state index contributed by atoms with van der Waals surface area (Å²) in [4.78, 5) is 16.1. The fourth-order valence-corrected chi connectivity index (χ4v) is 5.33. The minimum Gasteiger partial charge on any atom is -0.370 e. The first-order valence-corrected chi connectivity index (χ1v) is 9.58. The second-order valence-electron chi connectivity index (χ2n) is 6.90. The van der Waals surface area contributed by atoms with Gasteiger partial charge in [0, 0.05) is 13.1 Å². The van der Waals surface area contributed by atoms with E-state index in [0.29, 0.717) is 13.2 Å². The fourth-order valence-electron chi connectivity index (χ4n) is 4.21. The van der Waals surface area contributed by atoms with Gasteiger partial charge in [0.1, 0.15) is 0 Å². The van der Waals surface area contributed by atoms with Crippen LogP contribution in [0.5, 0.6) is 0 Å². The Morgan fingerprint density at radius 3 is 3.21 bits per heavy atom. The van der Waals surface area contributed by atoms with Crippen LogP contribution in [-0.4, -0.2) is 45.0 Å². The molecule has 126 valence electrons. The zero-order chi connectivity index (χ0) is 16.1. The number of likely N-dealkylation sites (tertiary alicyclic amines) is 1. The van der Waals surface area contributed by atoms with E-state index < -0.39 is 0 Å². The second-order valence-corrected chi connectivity index (χ2v) is 7.78. The zero-order valence-corrected chi connectivity index (χ0v) is 14.3. The molecule has 5 rings (SSSR count). The van der Waals surface area contributed by atoms with Gasteiger partial charge in [0.25, 0.3) is 5.91 Å². The van der Waals surface area contributed by atoms with Crippen molar-refractivity contribution in [2.45, 2.75) is 50.9 Å². The summed E-state index contributed by atoms with van der Waals surface area (Å²) in [5.41, 5.74) is 3.70. The van der Waals surface area contributed by atoms with Gasteiger partial charge >= 0.3 is 0 Å². The van der Waals surface area contributed by atoms with Crippen molar-refractivity contribution in [3.63, 3.8) is 0 Å². The smallest absolute Gasteiger partial charge is 0.264 e. The number of fused-ring (bicyclic) bond motifs is 4. The van der Waals surface area contributed by atoms with Crippen LogP contribution < -0.4 is 0 Å². The van der Waals surface area contributed by atoms with Crippen molar-refractivity contribution < 1.29 is 9.53 Å². The summed E-state index contributed by atoms with van der Waals surface area (Å²) in [7, 11) is 0. The van der Waals surface area contributed by atoms with Gasteiger partial charge in [0.2, 0.25) is 0 Å². The summed E-state index contributed by atoms with van der Waals surface area (Å²) >= 11 is 1.63. The summed E-state index contributed by atoms with van der Waals surface area (Å²) in [5.74, 6) is 0.189. The van der Waals surface area contributed by atoms with Gasteiger partial charge in [0.05, 0.1) is 35.5 Å². The van der Waals surface area contributed by atoms with Crippen molar-refractivity contribution in [2.75, 3.05) is 13.1 Å². The molecule has 1 fully saturated rings. The van der Waals surface area contributed by atoms with Crippen molar-refractivity contribution in [1.29, 1.82) is 0 Å². The van der Waals surface area contributed by atoms with Crippen LogP contribution >= 0.6 is 11.3 Å². The largest absolute Gasteiger partial charge is 0.370 e. The molecule has 0 aromatic carbocycles. The number of hydrogen-bond acceptors (Lipinski definition) is 5. The zero-order valence-electron chi connectivity index (χ0n) is 13.5. The number of ether oxygens (including phenoxy) is 1. The molecule has 1 saturated heterocycles. The molecule has 2 aromatic heterocycles. The number of carbonyl (C=O) groups excluding carboxylic acids is 1. The molecule has 1 amide bonds. The average molecular weight is 344 g/mol. The first-order chi connectivity index (χ1) is 11.8. The molecule has 0 N–H and O–H groups in total. The number of thiophene rings is 1. The third-order valence-electron chi connectivity index (χ3n) is 5.51. The minimum atomic E-state index is 0.0877. The highest BCUT2D eigenvalue weighted by Crippen LogP contribution is 2.34. The lowest BCUT2D eigenvalue weighted by atomic mass is 9.93. The molecule has 0 spiro atoms. The Morgan fingerprint density at radius 2 is 2.25 bits per heavy atom. The predicted molar refractivity (Wildman–Crippen MR) is 89.1 cm³/mol. The van der Waals surface area contributed by atoms with Gasteiger partial charge in [-0.3, -0.25) is 4.79 Å². The van der Waals surface area contributed by atoms with E-state index >= 15 is 0 Å². The number of piperidine rings is 1. The highest BCUT2D eigenvalue weighted by Gasteiger charge is 2.38. The summed E-state index contributed by atoms with van der Waals surface area (Å²) in [6.45, 7) is 1.99. The first-order valence-electron chi connectivity index (χ1n) is 8.70. The van der Waals surface area contributed by atoms with Crippen molar-refractivity contribution in [3.8, 4) is 0 Å². The molecule has 0 unspecified atom stereocenters. The molecule has 2 aliphatic heterocycles. The van der Waals surface area contributed by atoms with Gasteiger partial charge in [-0.1, -0.05) is 5.21 Å². The molecular formula is C17H20N4O2S. The molecule has 24 heavy (non-hydrogen) atoms. The number of amides is 1. The van der Waals surface area contributed by atoms with E-state index in [9.17, 15) is 4.79 Å². The van der Waals surface area contributed by atoms with E-state index in [1.165, 1.54) is 24.0 Å². The SMILES string of the molecule is O=C(c1scc2c1CCCC2)N1CC[C@H]2OCc3cnnn3[C@@H]2C1. The monoisotopic (exact) mass is 344 g/mol. The molecule has 0 radical (unpaired) electrons. The minimum absolute atomic E-state index is 0.0877. The van der Waals surface area contributed by atoms with E-state index in [-0.39, 0.29) is 18.1 Å². The van der Waals surface area contributed by atoms with Crippen LogP contribution in [0.4, 0.5) is 0 Å². The van der Waals surface area contributed by atoms with Crippen LogP contribution in [0.2, 0.25) is 0 Å². The number of aryl methyl sites for hydroxylation is 1. The van der Waals surface area contributed by atoms with Crippen molar-refractivity contribution in [3.05, 3.63) is 33.3 Å². The van der Waals surface area contributed by atoms with Gasteiger partial charge < -0.3 is 9.64 Å². The first kappa shape index (κ1) is 14.6. The number of hydrogen-bond donors (Lipinski definition) is 0. The van der Waals surface area contributed by atoms with Gasteiger partial charge in [-0.15, -0.1) is 16.4 Å². The number of aromatic nitrogens is 3. The molecule has 2 aromatic rings. The molecule has 0 saturated carbocycles. The van der Waals surface area contributed by atoms with E-state index in [1.54, 1.807) is 17.5 Å². The Morgan fingerprint density at radius 1 is 1.33 bits per heavy atom. The Hall–Kier alpha value is -1.73.